The first-order chi connectivity index (χ1) is 11.9. The van der Waals surface area contributed by atoms with Crippen LogP contribution in [0.1, 0.15) is 21.9 Å². The van der Waals surface area contributed by atoms with Crippen LogP contribution in [0.3, 0.4) is 0 Å². The molecule has 1 atom stereocenters. The number of thiophene rings is 1. The molecular weight excluding hydrogens is 314 g/mol. The number of rotatable bonds is 2. The molecule has 0 bridgehead atoms. The highest BCUT2D eigenvalue weighted by molar-refractivity contribution is 7.11. The molecule has 1 unspecified atom stereocenters. The minimum Gasteiger partial charge on any atom is -0.456 e. The summed E-state index contributed by atoms with van der Waals surface area (Å²) in [5.41, 5.74) is 3.67. The lowest BCUT2D eigenvalue weighted by molar-refractivity contribution is 0.494. The molecule has 0 spiro atoms. The van der Waals surface area contributed by atoms with Crippen molar-refractivity contribution < 1.29 is 4.74 Å². The van der Waals surface area contributed by atoms with Crippen LogP contribution in [0.5, 0.6) is 5.75 Å². The maximum absolute atomic E-state index is 6.18. The Morgan fingerprint density at radius 2 is 1.75 bits per heavy atom. The molecule has 4 aromatic rings. The third-order valence-electron chi connectivity index (χ3n) is 4.51. The normalized spacial score (nSPS) is 16.5. The number of hydrogen-bond donors (Lipinski definition) is 1. The van der Waals surface area contributed by atoms with E-state index in [2.05, 4.69) is 77.2 Å². The van der Waals surface area contributed by atoms with Crippen LogP contribution in [0, 0.1) is 0 Å². The summed E-state index contributed by atoms with van der Waals surface area (Å²) in [5.74, 6) is 2.07. The predicted octanol–water partition coefficient (Wildman–Crippen LogP) is 5.79. The van der Waals surface area contributed by atoms with Crippen molar-refractivity contribution in [2.45, 2.75) is 5.92 Å². The number of hydrogen-bond acceptors (Lipinski definition) is 2. The Bertz CT molecular complexity index is 1040. The number of H-pyrrole nitrogens is 1. The maximum atomic E-state index is 6.18. The van der Waals surface area contributed by atoms with Crippen molar-refractivity contribution in [3.63, 3.8) is 0 Å². The molecule has 5 rings (SSSR count). The van der Waals surface area contributed by atoms with Crippen molar-refractivity contribution >= 4 is 28.0 Å². The second kappa shape index (κ2) is 5.39. The summed E-state index contributed by atoms with van der Waals surface area (Å²) >= 11 is 1.71. The first-order valence-electron chi connectivity index (χ1n) is 7.98. The fourth-order valence-electron chi connectivity index (χ4n) is 3.38. The van der Waals surface area contributed by atoms with Crippen LogP contribution in [0.15, 0.2) is 78.3 Å². The summed E-state index contributed by atoms with van der Waals surface area (Å²) in [7, 11) is 0. The summed E-state index contributed by atoms with van der Waals surface area (Å²) in [4.78, 5) is 4.56. The minimum absolute atomic E-state index is 0.184. The minimum atomic E-state index is 0.184. The van der Waals surface area contributed by atoms with Crippen LogP contribution in [-0.4, -0.2) is 4.98 Å². The summed E-state index contributed by atoms with van der Waals surface area (Å²) in [6.45, 7) is 0. The Balaban J connectivity index is 1.73. The Hall–Kier alpha value is -2.78. The summed E-state index contributed by atoms with van der Waals surface area (Å²) in [6.07, 6.45) is 4.36. The maximum Gasteiger partial charge on any atom is 0.141 e. The second-order valence-corrected chi connectivity index (χ2v) is 6.86. The number of allylic oxidation sites excluding steroid dienone is 1. The van der Waals surface area contributed by atoms with Crippen LogP contribution in [-0.2, 0) is 0 Å². The molecule has 2 aromatic carbocycles. The molecule has 3 heterocycles. The Morgan fingerprint density at radius 1 is 0.875 bits per heavy atom. The van der Waals surface area contributed by atoms with E-state index in [1.54, 1.807) is 11.3 Å². The van der Waals surface area contributed by atoms with Gasteiger partial charge in [-0.25, -0.2) is 0 Å². The van der Waals surface area contributed by atoms with Gasteiger partial charge in [-0.3, -0.25) is 0 Å². The molecule has 24 heavy (non-hydrogen) atoms. The SMILES string of the molecule is C1=C(c2cccs2)Oc2ccccc2C1c1c[nH]c2ccccc12. The van der Waals surface area contributed by atoms with Gasteiger partial charge in [-0.05, 0) is 35.2 Å². The fourth-order valence-corrected chi connectivity index (χ4v) is 4.07. The van der Waals surface area contributed by atoms with E-state index >= 15 is 0 Å². The second-order valence-electron chi connectivity index (χ2n) is 5.92. The number of nitrogens with one attached hydrogen (secondary N) is 1. The van der Waals surface area contributed by atoms with E-state index in [4.69, 9.17) is 4.74 Å². The van der Waals surface area contributed by atoms with E-state index in [9.17, 15) is 0 Å². The van der Waals surface area contributed by atoms with Crippen molar-refractivity contribution in [1.82, 2.24) is 4.98 Å². The number of ether oxygens (including phenoxy) is 1. The summed E-state index contributed by atoms with van der Waals surface area (Å²) in [5, 5.41) is 3.35. The van der Waals surface area contributed by atoms with Gasteiger partial charge in [0, 0.05) is 28.6 Å². The molecule has 0 radical (unpaired) electrons. The number of aromatic amines is 1. The van der Waals surface area contributed by atoms with Crippen LogP contribution in [0.2, 0.25) is 0 Å². The lowest BCUT2D eigenvalue weighted by atomic mass is 9.88. The van der Waals surface area contributed by atoms with Gasteiger partial charge in [0.15, 0.2) is 0 Å². The number of fused-ring (bicyclic) bond motifs is 2. The van der Waals surface area contributed by atoms with E-state index in [0.29, 0.717) is 0 Å². The van der Waals surface area contributed by atoms with E-state index in [-0.39, 0.29) is 5.92 Å². The highest BCUT2D eigenvalue weighted by Crippen LogP contribution is 2.43. The largest absolute Gasteiger partial charge is 0.456 e. The average molecular weight is 329 g/mol. The zero-order valence-corrected chi connectivity index (χ0v) is 13.7. The highest BCUT2D eigenvalue weighted by Gasteiger charge is 2.25. The molecule has 2 nitrogen and oxygen atoms in total. The van der Waals surface area contributed by atoms with E-state index in [0.717, 1.165) is 16.4 Å². The summed E-state index contributed by atoms with van der Waals surface area (Å²) < 4.78 is 6.18. The molecule has 1 N–H and O–H groups in total. The van der Waals surface area contributed by atoms with E-state index in [1.165, 1.54) is 22.0 Å². The Kier molecular flexibility index (Phi) is 3.06. The van der Waals surface area contributed by atoms with E-state index < -0.39 is 0 Å². The van der Waals surface area contributed by atoms with Gasteiger partial charge in [-0.15, -0.1) is 11.3 Å². The van der Waals surface area contributed by atoms with Crippen molar-refractivity contribution in [2.24, 2.45) is 0 Å². The third kappa shape index (κ3) is 2.09. The zero-order valence-electron chi connectivity index (χ0n) is 12.9. The van der Waals surface area contributed by atoms with Gasteiger partial charge in [-0.2, -0.15) is 0 Å². The molecule has 0 saturated heterocycles. The van der Waals surface area contributed by atoms with Gasteiger partial charge < -0.3 is 9.72 Å². The van der Waals surface area contributed by atoms with Gasteiger partial charge in [0.2, 0.25) is 0 Å². The van der Waals surface area contributed by atoms with Crippen LogP contribution in [0.25, 0.3) is 16.7 Å². The zero-order chi connectivity index (χ0) is 15.9. The number of para-hydroxylation sites is 2. The summed E-state index contributed by atoms with van der Waals surface area (Å²) in [6, 6.07) is 20.9. The molecule has 2 aromatic heterocycles. The average Bonchev–Trinajstić information content (AvgIpc) is 3.31. The molecule has 0 aliphatic carbocycles. The molecule has 1 aliphatic rings. The van der Waals surface area contributed by atoms with Gasteiger partial charge in [0.1, 0.15) is 11.5 Å². The molecule has 0 fully saturated rings. The van der Waals surface area contributed by atoms with Crippen molar-refractivity contribution in [3.05, 3.63) is 94.3 Å². The van der Waals surface area contributed by atoms with Gasteiger partial charge in [0.05, 0.1) is 4.88 Å². The Labute approximate surface area is 144 Å². The van der Waals surface area contributed by atoms with Crippen LogP contribution >= 0.6 is 11.3 Å². The number of benzene rings is 2. The number of aromatic nitrogens is 1. The predicted molar refractivity (Wildman–Crippen MR) is 99.5 cm³/mol. The topological polar surface area (TPSA) is 25.0 Å². The molecule has 3 heteroatoms. The van der Waals surface area contributed by atoms with Crippen LogP contribution < -0.4 is 4.74 Å². The van der Waals surface area contributed by atoms with Crippen molar-refractivity contribution in [3.8, 4) is 5.75 Å². The monoisotopic (exact) mass is 329 g/mol. The Morgan fingerprint density at radius 3 is 2.67 bits per heavy atom. The molecule has 1 aliphatic heterocycles. The lowest BCUT2D eigenvalue weighted by Gasteiger charge is -2.24. The van der Waals surface area contributed by atoms with Crippen molar-refractivity contribution in [2.75, 3.05) is 0 Å². The quantitative estimate of drug-likeness (QED) is 0.494. The molecular formula is C21H15NOS. The first-order valence-corrected chi connectivity index (χ1v) is 8.86. The van der Waals surface area contributed by atoms with Crippen LogP contribution in [0.4, 0.5) is 0 Å². The highest BCUT2D eigenvalue weighted by atomic mass is 32.1. The van der Waals surface area contributed by atoms with Gasteiger partial charge >= 0.3 is 0 Å². The molecule has 116 valence electrons. The standard InChI is InChI=1S/C21H15NOS/c1-3-8-18-14(6-1)17(13-22-18)16-12-20(21-10-5-11-24-21)23-19-9-4-2-7-15(16)19/h1-13,16,22H. The molecule has 0 saturated carbocycles. The first kappa shape index (κ1) is 13.6. The van der Waals surface area contributed by atoms with Gasteiger partial charge in [-0.1, -0.05) is 42.5 Å². The van der Waals surface area contributed by atoms with Gasteiger partial charge in [0.25, 0.3) is 0 Å². The lowest BCUT2D eigenvalue weighted by Crippen LogP contribution is -2.09. The third-order valence-corrected chi connectivity index (χ3v) is 5.40. The molecule has 0 amide bonds. The smallest absolute Gasteiger partial charge is 0.141 e. The van der Waals surface area contributed by atoms with Crippen molar-refractivity contribution in [1.29, 1.82) is 0 Å². The fraction of sp³-hybridized carbons (Fsp3) is 0.0476. The van der Waals surface area contributed by atoms with E-state index in [1.807, 2.05) is 6.07 Å².